The van der Waals surface area contributed by atoms with Gasteiger partial charge >= 0.3 is 0 Å². The average Bonchev–Trinajstić information content (AvgIpc) is 2.47. The monoisotopic (exact) mass is 254 g/mol. The van der Waals surface area contributed by atoms with Crippen molar-refractivity contribution in [3.63, 3.8) is 0 Å². The number of nitrogens with zero attached hydrogens (tertiary/aromatic N) is 3. The van der Waals surface area contributed by atoms with Crippen molar-refractivity contribution < 1.29 is 4.74 Å². The highest BCUT2D eigenvalue weighted by Gasteiger charge is 2.03. The molecule has 0 aliphatic carbocycles. The van der Waals surface area contributed by atoms with Gasteiger partial charge in [0.1, 0.15) is 24.1 Å². The minimum Gasteiger partial charge on any atom is -0.487 e. The summed E-state index contributed by atoms with van der Waals surface area (Å²) in [5.74, 6) is 0.674. The maximum Gasteiger partial charge on any atom is 0.147 e. The SMILES string of the molecule is CNCc1ccc(OCc2cccnc2C#N)cn1. The molecule has 19 heavy (non-hydrogen) atoms. The molecular weight excluding hydrogens is 240 g/mol. The van der Waals surface area contributed by atoms with Crippen LogP contribution in [0.15, 0.2) is 36.7 Å². The van der Waals surface area contributed by atoms with Crippen molar-refractivity contribution in [1.29, 1.82) is 5.26 Å². The maximum absolute atomic E-state index is 8.92. The van der Waals surface area contributed by atoms with E-state index in [2.05, 4.69) is 15.3 Å². The average molecular weight is 254 g/mol. The molecule has 0 saturated heterocycles. The van der Waals surface area contributed by atoms with Crippen molar-refractivity contribution in [3.8, 4) is 11.8 Å². The number of nitrogens with one attached hydrogen (secondary N) is 1. The van der Waals surface area contributed by atoms with Crippen molar-refractivity contribution in [2.45, 2.75) is 13.2 Å². The zero-order valence-corrected chi connectivity index (χ0v) is 10.6. The molecule has 2 aromatic heterocycles. The fourth-order valence-corrected chi connectivity index (χ4v) is 1.60. The molecular formula is C14H14N4O. The van der Waals surface area contributed by atoms with Crippen LogP contribution in [0.1, 0.15) is 17.0 Å². The first-order valence-electron chi connectivity index (χ1n) is 5.90. The van der Waals surface area contributed by atoms with Crippen molar-refractivity contribution >= 4 is 0 Å². The van der Waals surface area contributed by atoms with Gasteiger partial charge in [-0.25, -0.2) is 4.98 Å². The van der Waals surface area contributed by atoms with Gasteiger partial charge in [0.25, 0.3) is 0 Å². The number of hydrogen-bond acceptors (Lipinski definition) is 5. The van der Waals surface area contributed by atoms with E-state index in [4.69, 9.17) is 10.00 Å². The summed E-state index contributed by atoms with van der Waals surface area (Å²) < 4.78 is 5.59. The summed E-state index contributed by atoms with van der Waals surface area (Å²) in [5.41, 5.74) is 2.11. The Labute approximate surface area is 111 Å². The quantitative estimate of drug-likeness (QED) is 0.878. The van der Waals surface area contributed by atoms with E-state index >= 15 is 0 Å². The Morgan fingerprint density at radius 1 is 1.32 bits per heavy atom. The third kappa shape index (κ3) is 3.50. The summed E-state index contributed by atoms with van der Waals surface area (Å²) in [6.45, 7) is 1.03. The van der Waals surface area contributed by atoms with E-state index < -0.39 is 0 Å². The van der Waals surface area contributed by atoms with Gasteiger partial charge in [-0.3, -0.25) is 4.98 Å². The number of hydrogen-bond donors (Lipinski definition) is 1. The normalized spacial score (nSPS) is 9.89. The van der Waals surface area contributed by atoms with Crippen molar-refractivity contribution in [2.24, 2.45) is 0 Å². The number of ether oxygens (including phenoxy) is 1. The van der Waals surface area contributed by atoms with E-state index in [1.165, 1.54) is 0 Å². The Bertz CT molecular complexity index is 575. The van der Waals surface area contributed by atoms with Gasteiger partial charge in [-0.15, -0.1) is 0 Å². The molecule has 0 aliphatic rings. The molecule has 5 nitrogen and oxygen atoms in total. The summed E-state index contributed by atoms with van der Waals surface area (Å²) in [6.07, 6.45) is 3.27. The van der Waals surface area contributed by atoms with Gasteiger partial charge in [0, 0.05) is 18.3 Å². The molecule has 0 amide bonds. The van der Waals surface area contributed by atoms with Crippen LogP contribution in [0, 0.1) is 11.3 Å². The summed E-state index contributed by atoms with van der Waals surface area (Å²) in [7, 11) is 1.87. The second-order valence-corrected chi connectivity index (χ2v) is 3.93. The lowest BCUT2D eigenvalue weighted by Crippen LogP contribution is -2.06. The predicted octanol–water partition coefficient (Wildman–Crippen LogP) is 1.65. The molecule has 0 saturated carbocycles. The number of rotatable bonds is 5. The Kier molecular flexibility index (Phi) is 4.43. The van der Waals surface area contributed by atoms with E-state index in [1.807, 2.05) is 31.3 Å². The highest BCUT2D eigenvalue weighted by atomic mass is 16.5. The van der Waals surface area contributed by atoms with Crippen molar-refractivity contribution in [1.82, 2.24) is 15.3 Å². The molecule has 5 heteroatoms. The van der Waals surface area contributed by atoms with Crippen LogP contribution in [-0.2, 0) is 13.2 Å². The number of aromatic nitrogens is 2. The molecule has 0 aromatic carbocycles. The molecule has 96 valence electrons. The second-order valence-electron chi connectivity index (χ2n) is 3.93. The summed E-state index contributed by atoms with van der Waals surface area (Å²) in [6, 6.07) is 9.42. The van der Waals surface area contributed by atoms with Crippen molar-refractivity contribution in [3.05, 3.63) is 53.6 Å². The predicted molar refractivity (Wildman–Crippen MR) is 70.3 cm³/mol. The summed E-state index contributed by atoms with van der Waals surface area (Å²) >= 11 is 0. The number of nitriles is 1. The molecule has 1 N–H and O–H groups in total. The minimum absolute atomic E-state index is 0.309. The van der Waals surface area contributed by atoms with Crippen LogP contribution in [0.5, 0.6) is 5.75 Å². The van der Waals surface area contributed by atoms with Crippen molar-refractivity contribution in [2.75, 3.05) is 7.05 Å². The minimum atomic E-state index is 0.309. The lowest BCUT2D eigenvalue weighted by atomic mass is 10.2. The lowest BCUT2D eigenvalue weighted by molar-refractivity contribution is 0.304. The van der Waals surface area contributed by atoms with Crippen LogP contribution in [0.25, 0.3) is 0 Å². The fourth-order valence-electron chi connectivity index (χ4n) is 1.60. The van der Waals surface area contributed by atoms with Crippen LogP contribution < -0.4 is 10.1 Å². The van der Waals surface area contributed by atoms with Gasteiger partial charge in [0.05, 0.1) is 11.9 Å². The van der Waals surface area contributed by atoms with E-state index in [9.17, 15) is 0 Å². The van der Waals surface area contributed by atoms with Crippen LogP contribution in [-0.4, -0.2) is 17.0 Å². The first-order chi connectivity index (χ1) is 9.33. The first-order valence-corrected chi connectivity index (χ1v) is 5.90. The third-order valence-electron chi connectivity index (χ3n) is 2.55. The van der Waals surface area contributed by atoms with E-state index in [-0.39, 0.29) is 0 Å². The first kappa shape index (κ1) is 13.0. The molecule has 2 rings (SSSR count). The fraction of sp³-hybridized carbons (Fsp3) is 0.214. The molecule has 0 bridgehead atoms. The highest BCUT2D eigenvalue weighted by Crippen LogP contribution is 2.13. The lowest BCUT2D eigenvalue weighted by Gasteiger charge is -2.07. The number of pyridine rings is 2. The summed E-state index contributed by atoms with van der Waals surface area (Å²) in [5, 5.41) is 12.0. The molecule has 0 aliphatic heterocycles. The van der Waals surface area contributed by atoms with Crippen LogP contribution in [0.3, 0.4) is 0 Å². The largest absolute Gasteiger partial charge is 0.487 e. The smallest absolute Gasteiger partial charge is 0.147 e. The summed E-state index contributed by atoms with van der Waals surface area (Å²) in [4.78, 5) is 8.24. The zero-order chi connectivity index (χ0) is 13.5. The Morgan fingerprint density at radius 2 is 2.21 bits per heavy atom. The Hall–Kier alpha value is -2.45. The Morgan fingerprint density at radius 3 is 2.89 bits per heavy atom. The van der Waals surface area contributed by atoms with E-state index in [1.54, 1.807) is 18.5 Å². The zero-order valence-electron chi connectivity index (χ0n) is 10.6. The molecule has 2 heterocycles. The van der Waals surface area contributed by atoms with Gasteiger partial charge in [0.15, 0.2) is 0 Å². The van der Waals surface area contributed by atoms with Crippen LogP contribution in [0.4, 0.5) is 0 Å². The van der Waals surface area contributed by atoms with Gasteiger partial charge < -0.3 is 10.1 Å². The second kappa shape index (κ2) is 6.47. The standard InChI is InChI=1S/C14H14N4O/c1-16-8-12-4-5-13(9-18-12)19-10-11-3-2-6-17-14(11)7-15/h2-6,9,16H,8,10H2,1H3. The maximum atomic E-state index is 8.92. The highest BCUT2D eigenvalue weighted by molar-refractivity contribution is 5.30. The van der Waals surface area contributed by atoms with Gasteiger partial charge in [-0.1, -0.05) is 6.07 Å². The molecule has 0 spiro atoms. The van der Waals surface area contributed by atoms with Gasteiger partial charge in [-0.2, -0.15) is 5.26 Å². The molecule has 2 aromatic rings. The topological polar surface area (TPSA) is 70.8 Å². The van der Waals surface area contributed by atoms with E-state index in [0.29, 0.717) is 18.1 Å². The van der Waals surface area contributed by atoms with Gasteiger partial charge in [0.2, 0.25) is 0 Å². The molecule has 0 unspecified atom stereocenters. The van der Waals surface area contributed by atoms with Crippen LogP contribution >= 0.6 is 0 Å². The van der Waals surface area contributed by atoms with E-state index in [0.717, 1.165) is 17.8 Å². The molecule has 0 fully saturated rings. The van der Waals surface area contributed by atoms with Crippen LogP contribution in [0.2, 0.25) is 0 Å². The third-order valence-corrected chi connectivity index (χ3v) is 2.55. The van der Waals surface area contributed by atoms with Gasteiger partial charge in [-0.05, 0) is 25.2 Å². The Balaban J connectivity index is 2.00. The molecule has 0 radical (unpaired) electrons. The molecule has 0 atom stereocenters.